The molecule has 12 heteroatoms. The number of carbonyl (C=O) groups is 2. The molecule has 1 heterocycles. The third-order valence-corrected chi connectivity index (χ3v) is 9.52. The summed E-state index contributed by atoms with van der Waals surface area (Å²) in [5, 5.41) is 9.33. The molecule has 0 spiro atoms. The zero-order chi connectivity index (χ0) is 35.4. The van der Waals surface area contributed by atoms with Crippen LogP contribution in [-0.2, 0) is 23.1 Å². The van der Waals surface area contributed by atoms with E-state index in [9.17, 15) is 14.4 Å². The number of anilines is 2. The normalized spacial score (nSPS) is 14.3. The van der Waals surface area contributed by atoms with Crippen molar-refractivity contribution in [3.63, 3.8) is 0 Å². The van der Waals surface area contributed by atoms with Crippen molar-refractivity contribution >= 4 is 46.0 Å². The summed E-state index contributed by atoms with van der Waals surface area (Å²) in [4.78, 5) is 44.8. The molecule has 49 heavy (non-hydrogen) atoms. The number of aromatic nitrogens is 2. The van der Waals surface area contributed by atoms with Gasteiger partial charge in [0.2, 0.25) is 23.0 Å². The minimum absolute atomic E-state index is 0.209. The van der Waals surface area contributed by atoms with Gasteiger partial charge < -0.3 is 34.7 Å². The molecular weight excluding hydrogens is 643 g/mol. The van der Waals surface area contributed by atoms with Crippen LogP contribution in [0.1, 0.15) is 62.5 Å². The van der Waals surface area contributed by atoms with E-state index in [1.54, 1.807) is 45.2 Å². The molecular formula is C37H45N5O6S. The quantitative estimate of drug-likeness (QED) is 0.163. The first-order chi connectivity index (χ1) is 23.5. The van der Waals surface area contributed by atoms with Gasteiger partial charge in [0, 0.05) is 31.1 Å². The molecule has 2 amide bonds. The van der Waals surface area contributed by atoms with E-state index >= 15 is 0 Å². The number of aryl methyl sites for hydroxylation is 2. The maximum atomic E-state index is 14.0. The zero-order valence-corrected chi connectivity index (χ0v) is 30.2. The molecule has 0 unspecified atom stereocenters. The Bertz CT molecular complexity index is 1940. The summed E-state index contributed by atoms with van der Waals surface area (Å²) in [7, 11) is 6.67. The molecule has 0 aliphatic heterocycles. The molecule has 5 rings (SSSR count). The Morgan fingerprint density at radius 1 is 1.04 bits per heavy atom. The number of benzene rings is 2. The van der Waals surface area contributed by atoms with Crippen LogP contribution in [0, 0.1) is 0 Å². The molecule has 0 saturated carbocycles. The third-order valence-electron chi connectivity index (χ3n) is 8.87. The average molecular weight is 688 g/mol. The number of imidazole rings is 1. The molecule has 4 aromatic rings. The van der Waals surface area contributed by atoms with E-state index in [1.807, 2.05) is 43.6 Å². The number of hydrogen-bond acceptors (Lipinski definition) is 9. The van der Waals surface area contributed by atoms with Gasteiger partial charge >= 0.3 is 0 Å². The lowest BCUT2D eigenvalue weighted by molar-refractivity contribution is -0.120. The van der Waals surface area contributed by atoms with Gasteiger partial charge in [-0.3, -0.25) is 14.4 Å². The monoisotopic (exact) mass is 687 g/mol. The molecule has 11 nitrogen and oxygen atoms in total. The lowest BCUT2D eigenvalue weighted by atomic mass is 9.95. The molecule has 0 saturated heterocycles. The lowest BCUT2D eigenvalue weighted by Gasteiger charge is -2.19. The number of ether oxygens (including phenoxy) is 3. The second kappa shape index (κ2) is 15.2. The Morgan fingerprint density at radius 2 is 1.80 bits per heavy atom. The largest absolute Gasteiger partial charge is 0.493 e. The average Bonchev–Trinajstić information content (AvgIpc) is 3.23. The topological polar surface area (TPSA) is 133 Å². The van der Waals surface area contributed by atoms with Gasteiger partial charge in [-0.15, -0.1) is 0 Å². The lowest BCUT2D eigenvalue weighted by Crippen LogP contribution is -2.36. The number of amides is 2. The fourth-order valence-electron chi connectivity index (χ4n) is 6.56. The number of thioether (sulfide) groups is 1. The van der Waals surface area contributed by atoms with Crippen molar-refractivity contribution in [2.45, 2.75) is 58.0 Å². The maximum absolute atomic E-state index is 14.0. The van der Waals surface area contributed by atoms with E-state index in [0.717, 1.165) is 28.0 Å². The van der Waals surface area contributed by atoms with Gasteiger partial charge in [0.15, 0.2) is 11.5 Å². The molecule has 0 fully saturated rings. The first kappa shape index (κ1) is 35.6. The fourth-order valence-corrected chi connectivity index (χ4v) is 7.03. The minimum Gasteiger partial charge on any atom is -0.493 e. The zero-order valence-electron chi connectivity index (χ0n) is 29.4. The Hall–Kier alpha value is -4.71. The van der Waals surface area contributed by atoms with E-state index in [-0.39, 0.29) is 28.8 Å². The van der Waals surface area contributed by atoms with E-state index in [0.29, 0.717) is 59.1 Å². The Morgan fingerprint density at radius 3 is 2.45 bits per heavy atom. The Labute approximate surface area is 291 Å². The number of methoxy groups -OCH3 is 3. The van der Waals surface area contributed by atoms with Gasteiger partial charge in [-0.2, -0.15) is 11.8 Å². The van der Waals surface area contributed by atoms with Crippen LogP contribution >= 0.6 is 11.8 Å². The molecule has 3 N–H and O–H groups in total. The van der Waals surface area contributed by atoms with Gasteiger partial charge in [-0.1, -0.05) is 19.9 Å². The van der Waals surface area contributed by atoms with Gasteiger partial charge in [0.1, 0.15) is 11.9 Å². The van der Waals surface area contributed by atoms with Gasteiger partial charge in [-0.25, -0.2) is 4.98 Å². The third kappa shape index (κ3) is 7.34. The van der Waals surface area contributed by atoms with Crippen molar-refractivity contribution < 1.29 is 23.8 Å². The standard InChI is InChI=1S/C37H45N5O6S/c1-20(2)36-41-29-18-23(10-14-30(29)42(36)4)39-37(45)28(15-16-49-8)40-27-13-11-24-25(19-31(27)44)26(38-21(3)43)12-9-22-17-32(46-5)34(47-6)35(48-7)33(22)24/h10-11,13-14,17-20,26,28H,9,12,15-16H2,1-8H3,(H,38,43)(H,39,45)(H,40,44)/t26-,28-/m0/s1. The summed E-state index contributed by atoms with van der Waals surface area (Å²) in [6.45, 7) is 5.66. The molecule has 260 valence electrons. The smallest absolute Gasteiger partial charge is 0.246 e. The number of nitrogens with zero attached hydrogens (tertiary/aromatic N) is 2. The van der Waals surface area contributed by atoms with E-state index in [1.165, 1.54) is 6.92 Å². The maximum Gasteiger partial charge on any atom is 0.246 e. The summed E-state index contributed by atoms with van der Waals surface area (Å²) in [5.41, 5.74) is 5.41. The Balaban J connectivity index is 1.55. The van der Waals surface area contributed by atoms with Crippen LogP contribution in [0.5, 0.6) is 17.2 Å². The number of hydrogen-bond donors (Lipinski definition) is 3. The van der Waals surface area contributed by atoms with Crippen LogP contribution in [-0.4, -0.2) is 60.7 Å². The number of fused-ring (bicyclic) bond motifs is 4. The van der Waals surface area contributed by atoms with E-state index < -0.39 is 12.1 Å². The van der Waals surface area contributed by atoms with Crippen LogP contribution in [0.25, 0.3) is 22.2 Å². The number of carbonyl (C=O) groups excluding carboxylic acids is 2. The first-order valence-corrected chi connectivity index (χ1v) is 17.7. The van der Waals surface area contributed by atoms with Gasteiger partial charge in [0.25, 0.3) is 0 Å². The van der Waals surface area contributed by atoms with E-state index in [4.69, 9.17) is 19.2 Å². The summed E-state index contributed by atoms with van der Waals surface area (Å²) >= 11 is 1.62. The molecule has 0 radical (unpaired) electrons. The summed E-state index contributed by atoms with van der Waals surface area (Å²) in [5.74, 6) is 2.87. The number of nitrogens with one attached hydrogen (secondary N) is 3. The second-order valence-corrected chi connectivity index (χ2v) is 13.4. The second-order valence-electron chi connectivity index (χ2n) is 12.5. The van der Waals surface area contributed by atoms with Crippen LogP contribution in [0.15, 0.2) is 47.3 Å². The van der Waals surface area contributed by atoms with Crippen molar-refractivity contribution in [2.75, 3.05) is 44.0 Å². The Kier molecular flexibility index (Phi) is 11.1. The van der Waals surface area contributed by atoms with Crippen LogP contribution in [0.2, 0.25) is 0 Å². The summed E-state index contributed by atoms with van der Waals surface area (Å²) < 4.78 is 19.3. The summed E-state index contributed by atoms with van der Waals surface area (Å²) in [6, 6.07) is 11.6. The van der Waals surface area contributed by atoms with E-state index in [2.05, 4.69) is 34.4 Å². The van der Waals surface area contributed by atoms with Gasteiger partial charge in [0.05, 0.1) is 44.1 Å². The highest BCUT2D eigenvalue weighted by Crippen LogP contribution is 2.50. The molecule has 3 aromatic carbocycles. The molecule has 1 aromatic heterocycles. The highest BCUT2D eigenvalue weighted by Gasteiger charge is 2.30. The van der Waals surface area contributed by atoms with Crippen LogP contribution in [0.4, 0.5) is 11.4 Å². The van der Waals surface area contributed by atoms with Gasteiger partial charge in [-0.05, 0) is 84.4 Å². The van der Waals surface area contributed by atoms with Crippen molar-refractivity contribution in [3.05, 3.63) is 69.6 Å². The van der Waals surface area contributed by atoms with Crippen molar-refractivity contribution in [2.24, 2.45) is 7.05 Å². The van der Waals surface area contributed by atoms with Crippen molar-refractivity contribution in [1.29, 1.82) is 0 Å². The predicted octanol–water partition coefficient (Wildman–Crippen LogP) is 6.05. The van der Waals surface area contributed by atoms with Crippen LogP contribution in [0.3, 0.4) is 0 Å². The molecule has 1 aliphatic rings. The minimum atomic E-state index is -0.703. The predicted molar refractivity (Wildman–Crippen MR) is 197 cm³/mol. The molecule has 2 atom stereocenters. The first-order valence-electron chi connectivity index (χ1n) is 16.3. The SMILES string of the molecule is COc1cc2c(c(OC)c1OC)-c1ccc(N[C@@H](CCSC)C(=O)Nc3ccc4c(c3)nc(C(C)C)n4C)c(=O)cc1[C@@H](NC(C)=O)CC2. The van der Waals surface area contributed by atoms with Crippen molar-refractivity contribution in [3.8, 4) is 28.4 Å². The molecule has 1 aliphatic carbocycles. The highest BCUT2D eigenvalue weighted by atomic mass is 32.2. The highest BCUT2D eigenvalue weighted by molar-refractivity contribution is 7.98. The molecule has 0 bridgehead atoms. The fraction of sp³-hybridized carbons (Fsp3) is 0.405. The van der Waals surface area contributed by atoms with Crippen LogP contribution < -0.4 is 35.6 Å². The number of rotatable bonds is 12. The summed E-state index contributed by atoms with van der Waals surface area (Å²) in [6.07, 6.45) is 3.60. The van der Waals surface area contributed by atoms with Crippen molar-refractivity contribution in [1.82, 2.24) is 14.9 Å².